The molecule has 0 bridgehead atoms. The molecular weight excluding hydrogens is 328 g/mol. The minimum absolute atomic E-state index is 0.0431. The third-order valence-corrected chi connectivity index (χ3v) is 5.49. The topological polar surface area (TPSA) is 52.6 Å². The second-order valence-corrected chi connectivity index (χ2v) is 8.52. The zero-order chi connectivity index (χ0) is 19.4. The van der Waals surface area contributed by atoms with Crippen LogP contribution in [0, 0.1) is 11.3 Å². The van der Waals surface area contributed by atoms with Gasteiger partial charge in [-0.3, -0.25) is 9.59 Å². The molecule has 0 aromatic carbocycles. The fourth-order valence-corrected chi connectivity index (χ4v) is 3.31. The summed E-state index contributed by atoms with van der Waals surface area (Å²) in [5.41, 5.74) is -1.22. The number of carbonyl (C=O) groups excluding carboxylic acids is 2. The van der Waals surface area contributed by atoms with E-state index >= 15 is 0 Å². The van der Waals surface area contributed by atoms with E-state index in [2.05, 4.69) is 13.8 Å². The molecule has 0 aromatic rings. The number of esters is 2. The van der Waals surface area contributed by atoms with E-state index in [1.807, 2.05) is 0 Å². The van der Waals surface area contributed by atoms with Gasteiger partial charge >= 0.3 is 11.9 Å². The highest BCUT2D eigenvalue weighted by molar-refractivity contribution is 5.99. The summed E-state index contributed by atoms with van der Waals surface area (Å²) >= 11 is 0. The maximum atomic E-state index is 12.4. The van der Waals surface area contributed by atoms with Gasteiger partial charge in [0, 0.05) is 0 Å². The van der Waals surface area contributed by atoms with E-state index < -0.39 is 17.4 Å². The molecule has 0 aromatic heterocycles. The molecule has 0 aliphatic heterocycles. The molecule has 0 unspecified atom stereocenters. The first-order chi connectivity index (χ1) is 12.4. The summed E-state index contributed by atoms with van der Waals surface area (Å²) < 4.78 is 10.9. The van der Waals surface area contributed by atoms with E-state index in [4.69, 9.17) is 9.47 Å². The van der Waals surface area contributed by atoms with Gasteiger partial charge in [-0.2, -0.15) is 0 Å². The molecule has 0 heterocycles. The van der Waals surface area contributed by atoms with Gasteiger partial charge in [0.1, 0.15) is 6.10 Å². The highest BCUT2D eigenvalue weighted by Gasteiger charge is 2.40. The first kappa shape index (κ1) is 23.0. The van der Waals surface area contributed by atoms with Crippen LogP contribution in [0.2, 0.25) is 0 Å². The average molecular weight is 369 g/mol. The summed E-state index contributed by atoms with van der Waals surface area (Å²) in [6.07, 6.45) is 13.5. The summed E-state index contributed by atoms with van der Waals surface area (Å²) in [5.74, 6) is -0.206. The van der Waals surface area contributed by atoms with Gasteiger partial charge in [0.05, 0.1) is 6.61 Å². The SMILES string of the molecule is CCCCCCCCCCOC(=O)C(C)(C)C(=O)OC1CCC(C)CC1. The van der Waals surface area contributed by atoms with E-state index in [0.717, 1.165) is 38.5 Å². The number of ether oxygens (including phenoxy) is 2. The number of rotatable bonds is 12. The standard InChI is InChI=1S/C22H40O4/c1-5-6-7-8-9-10-11-12-17-25-20(23)22(3,4)21(24)26-19-15-13-18(2)14-16-19/h18-19H,5-17H2,1-4H3. The molecule has 0 radical (unpaired) electrons. The van der Waals surface area contributed by atoms with Gasteiger partial charge in [-0.15, -0.1) is 0 Å². The molecule has 0 atom stereocenters. The Labute approximate surface area is 160 Å². The largest absolute Gasteiger partial charge is 0.465 e. The Bertz CT molecular complexity index is 408. The Morgan fingerprint density at radius 1 is 0.846 bits per heavy atom. The van der Waals surface area contributed by atoms with Crippen LogP contribution < -0.4 is 0 Å². The molecule has 152 valence electrons. The van der Waals surface area contributed by atoms with Crippen molar-refractivity contribution in [2.45, 2.75) is 111 Å². The predicted octanol–water partition coefficient (Wildman–Crippen LogP) is 5.82. The Hall–Kier alpha value is -1.06. The van der Waals surface area contributed by atoms with Crippen LogP contribution in [0.15, 0.2) is 0 Å². The van der Waals surface area contributed by atoms with Crippen LogP contribution in [0.5, 0.6) is 0 Å². The van der Waals surface area contributed by atoms with Crippen molar-refractivity contribution < 1.29 is 19.1 Å². The van der Waals surface area contributed by atoms with E-state index in [1.165, 1.54) is 38.5 Å². The minimum atomic E-state index is -1.22. The second kappa shape index (κ2) is 12.3. The average Bonchev–Trinajstić information content (AvgIpc) is 2.61. The lowest BCUT2D eigenvalue weighted by Crippen LogP contribution is -2.39. The molecule has 26 heavy (non-hydrogen) atoms. The van der Waals surface area contributed by atoms with Crippen LogP contribution in [-0.4, -0.2) is 24.6 Å². The van der Waals surface area contributed by atoms with E-state index in [9.17, 15) is 9.59 Å². The summed E-state index contributed by atoms with van der Waals surface area (Å²) in [4.78, 5) is 24.7. The summed E-state index contributed by atoms with van der Waals surface area (Å²) in [6.45, 7) is 8.06. The third kappa shape index (κ3) is 8.55. The molecule has 4 heteroatoms. The molecule has 0 spiro atoms. The molecule has 1 aliphatic carbocycles. The molecule has 4 nitrogen and oxygen atoms in total. The van der Waals surface area contributed by atoms with Crippen molar-refractivity contribution in [1.82, 2.24) is 0 Å². The monoisotopic (exact) mass is 368 g/mol. The van der Waals surface area contributed by atoms with E-state index in [1.54, 1.807) is 13.8 Å². The van der Waals surface area contributed by atoms with Gasteiger partial charge in [0.25, 0.3) is 0 Å². The van der Waals surface area contributed by atoms with Crippen LogP contribution in [0.1, 0.15) is 105 Å². The number of carbonyl (C=O) groups is 2. The maximum absolute atomic E-state index is 12.4. The van der Waals surface area contributed by atoms with Crippen LogP contribution in [0.4, 0.5) is 0 Å². The Balaban J connectivity index is 2.18. The summed E-state index contributed by atoms with van der Waals surface area (Å²) in [7, 11) is 0. The highest BCUT2D eigenvalue weighted by atomic mass is 16.6. The minimum Gasteiger partial charge on any atom is -0.465 e. The number of unbranched alkanes of at least 4 members (excludes halogenated alkanes) is 7. The van der Waals surface area contributed by atoms with E-state index in [0.29, 0.717) is 12.5 Å². The van der Waals surface area contributed by atoms with Crippen molar-refractivity contribution >= 4 is 11.9 Å². The van der Waals surface area contributed by atoms with Crippen molar-refractivity contribution in [2.75, 3.05) is 6.61 Å². The normalized spacial score (nSPS) is 20.6. The van der Waals surface area contributed by atoms with Gasteiger partial charge in [0.15, 0.2) is 5.41 Å². The Morgan fingerprint density at radius 3 is 1.96 bits per heavy atom. The molecule has 1 saturated carbocycles. The maximum Gasteiger partial charge on any atom is 0.323 e. The molecule has 0 N–H and O–H groups in total. The first-order valence-corrected chi connectivity index (χ1v) is 10.8. The lowest BCUT2D eigenvalue weighted by atomic mass is 9.88. The van der Waals surface area contributed by atoms with Gasteiger partial charge in [-0.05, 0) is 51.9 Å². The molecule has 0 saturated heterocycles. The van der Waals surface area contributed by atoms with Crippen molar-refractivity contribution in [3.05, 3.63) is 0 Å². The van der Waals surface area contributed by atoms with Crippen molar-refractivity contribution in [3.63, 3.8) is 0 Å². The fraction of sp³-hybridized carbons (Fsp3) is 0.909. The second-order valence-electron chi connectivity index (χ2n) is 8.52. The first-order valence-electron chi connectivity index (χ1n) is 10.8. The van der Waals surface area contributed by atoms with Gasteiger partial charge in [0.2, 0.25) is 0 Å². The summed E-state index contributed by atoms with van der Waals surface area (Å²) in [6, 6.07) is 0. The summed E-state index contributed by atoms with van der Waals surface area (Å²) in [5, 5.41) is 0. The van der Waals surface area contributed by atoms with Crippen LogP contribution in [-0.2, 0) is 19.1 Å². The predicted molar refractivity (Wildman–Crippen MR) is 105 cm³/mol. The van der Waals surface area contributed by atoms with Crippen molar-refractivity contribution in [3.8, 4) is 0 Å². The quantitative estimate of drug-likeness (QED) is 0.247. The molecule has 0 amide bonds. The lowest BCUT2D eigenvalue weighted by molar-refractivity contribution is -0.174. The van der Waals surface area contributed by atoms with Crippen LogP contribution >= 0.6 is 0 Å². The number of hydrogen-bond acceptors (Lipinski definition) is 4. The Morgan fingerprint density at radius 2 is 1.38 bits per heavy atom. The highest BCUT2D eigenvalue weighted by Crippen LogP contribution is 2.28. The lowest BCUT2D eigenvalue weighted by Gasteiger charge is -2.29. The van der Waals surface area contributed by atoms with Gasteiger partial charge < -0.3 is 9.47 Å². The molecular formula is C22H40O4. The van der Waals surface area contributed by atoms with Crippen LogP contribution in [0.25, 0.3) is 0 Å². The van der Waals surface area contributed by atoms with Gasteiger partial charge in [-0.25, -0.2) is 0 Å². The zero-order valence-electron chi connectivity index (χ0n) is 17.5. The Kier molecular flexibility index (Phi) is 10.9. The molecule has 1 aliphatic rings. The molecule has 1 rings (SSSR count). The third-order valence-electron chi connectivity index (χ3n) is 5.49. The number of hydrogen-bond donors (Lipinski definition) is 0. The zero-order valence-corrected chi connectivity index (χ0v) is 17.5. The van der Waals surface area contributed by atoms with Gasteiger partial charge in [-0.1, -0.05) is 58.8 Å². The smallest absolute Gasteiger partial charge is 0.323 e. The fourth-order valence-electron chi connectivity index (χ4n) is 3.31. The molecule has 1 fully saturated rings. The van der Waals surface area contributed by atoms with Crippen molar-refractivity contribution in [2.24, 2.45) is 11.3 Å². The van der Waals surface area contributed by atoms with Crippen LogP contribution in [0.3, 0.4) is 0 Å². The van der Waals surface area contributed by atoms with Crippen molar-refractivity contribution in [1.29, 1.82) is 0 Å². The van der Waals surface area contributed by atoms with E-state index in [-0.39, 0.29) is 6.10 Å².